The first-order valence-corrected chi connectivity index (χ1v) is 10.1. The maximum absolute atomic E-state index is 12.7. The molecule has 1 aromatic heterocycles. The molecule has 0 bridgehead atoms. The van der Waals surface area contributed by atoms with Crippen LogP contribution >= 0.6 is 0 Å². The minimum atomic E-state index is -1.50. The smallest absolute Gasteiger partial charge is 0.351 e. The second-order valence-electron chi connectivity index (χ2n) is 7.34. The van der Waals surface area contributed by atoms with Gasteiger partial charge in [-0.3, -0.25) is 9.36 Å². The topological polar surface area (TPSA) is 140 Å². The van der Waals surface area contributed by atoms with Gasteiger partial charge >= 0.3 is 11.7 Å². The number of nitrogens with one attached hydrogen (secondary N) is 1. The van der Waals surface area contributed by atoms with Crippen LogP contribution in [0.15, 0.2) is 77.7 Å². The van der Waals surface area contributed by atoms with Crippen molar-refractivity contribution in [1.29, 1.82) is 0 Å². The number of amides is 1. The van der Waals surface area contributed by atoms with Crippen molar-refractivity contribution in [2.45, 2.75) is 24.5 Å². The highest BCUT2D eigenvalue weighted by Crippen LogP contribution is 2.27. The molecule has 3 N–H and O–H groups in total. The van der Waals surface area contributed by atoms with Gasteiger partial charge in [-0.2, -0.15) is 4.98 Å². The molecule has 0 aliphatic carbocycles. The molecular weight excluding hydrogens is 430 g/mol. The van der Waals surface area contributed by atoms with Crippen LogP contribution in [0.25, 0.3) is 0 Å². The Balaban J connectivity index is 1.56. The highest BCUT2D eigenvalue weighted by atomic mass is 16.6. The van der Waals surface area contributed by atoms with E-state index in [4.69, 9.17) is 9.47 Å². The average Bonchev–Trinajstić information content (AvgIpc) is 2.84. The highest BCUT2D eigenvalue weighted by Gasteiger charge is 2.43. The van der Waals surface area contributed by atoms with Crippen LogP contribution in [0.4, 0.5) is 5.82 Å². The van der Waals surface area contributed by atoms with Crippen molar-refractivity contribution in [1.82, 2.24) is 9.55 Å². The van der Waals surface area contributed by atoms with E-state index in [9.17, 15) is 24.6 Å². The summed E-state index contributed by atoms with van der Waals surface area (Å²) in [4.78, 5) is 41.3. The van der Waals surface area contributed by atoms with Crippen molar-refractivity contribution in [3.05, 3.63) is 94.5 Å². The summed E-state index contributed by atoms with van der Waals surface area (Å²) in [6, 6.07) is 17.9. The van der Waals surface area contributed by atoms with Crippen molar-refractivity contribution >= 4 is 17.7 Å². The van der Waals surface area contributed by atoms with Gasteiger partial charge in [-0.15, -0.1) is 0 Å². The zero-order valence-electron chi connectivity index (χ0n) is 17.3. The minimum absolute atomic E-state index is 0.0133. The van der Waals surface area contributed by atoms with E-state index in [2.05, 4.69) is 10.3 Å². The van der Waals surface area contributed by atoms with Gasteiger partial charge in [0.05, 0.1) is 12.2 Å². The molecule has 33 heavy (non-hydrogen) atoms. The van der Waals surface area contributed by atoms with Gasteiger partial charge in [-0.05, 0) is 30.3 Å². The van der Waals surface area contributed by atoms with E-state index >= 15 is 0 Å². The number of aromatic nitrogens is 2. The maximum Gasteiger partial charge on any atom is 0.351 e. The number of rotatable bonds is 5. The van der Waals surface area contributed by atoms with Gasteiger partial charge in [0.25, 0.3) is 5.91 Å². The van der Waals surface area contributed by atoms with E-state index in [0.717, 1.165) is 4.57 Å². The average molecular weight is 451 g/mol. The predicted octanol–water partition coefficient (Wildman–Crippen LogP) is 0.972. The fraction of sp³-hybridized carbons (Fsp3) is 0.217. The first-order valence-electron chi connectivity index (χ1n) is 10.1. The summed E-state index contributed by atoms with van der Waals surface area (Å²) in [5.41, 5.74) is -0.188. The fourth-order valence-corrected chi connectivity index (χ4v) is 3.36. The lowest BCUT2D eigenvalue weighted by Gasteiger charge is -2.38. The Morgan fingerprint density at radius 3 is 2.27 bits per heavy atom. The van der Waals surface area contributed by atoms with Crippen molar-refractivity contribution in [2.24, 2.45) is 0 Å². The molecule has 0 spiro atoms. The van der Waals surface area contributed by atoms with Gasteiger partial charge < -0.3 is 25.0 Å². The molecule has 170 valence electrons. The van der Waals surface area contributed by atoms with Gasteiger partial charge in [0.1, 0.15) is 18.0 Å². The summed E-state index contributed by atoms with van der Waals surface area (Å²) in [5.74, 6) is -1.18. The Morgan fingerprint density at radius 2 is 1.64 bits per heavy atom. The molecule has 0 radical (unpaired) electrons. The Labute approximate surface area is 188 Å². The van der Waals surface area contributed by atoms with Gasteiger partial charge in [-0.1, -0.05) is 36.4 Å². The Hall–Kier alpha value is -3.86. The molecule has 2 heterocycles. The summed E-state index contributed by atoms with van der Waals surface area (Å²) < 4.78 is 11.9. The molecule has 1 aliphatic rings. The zero-order chi connectivity index (χ0) is 23.4. The van der Waals surface area contributed by atoms with E-state index in [0.29, 0.717) is 5.56 Å². The van der Waals surface area contributed by atoms with Gasteiger partial charge in [-0.25, -0.2) is 9.59 Å². The van der Waals surface area contributed by atoms with E-state index in [-0.39, 0.29) is 18.0 Å². The van der Waals surface area contributed by atoms with Crippen LogP contribution in [0.5, 0.6) is 0 Å². The fourth-order valence-electron chi connectivity index (χ4n) is 3.36. The molecule has 3 aromatic rings. The van der Waals surface area contributed by atoms with Crippen molar-refractivity contribution in [3.8, 4) is 0 Å². The Bertz CT molecular complexity index is 1180. The Kier molecular flexibility index (Phi) is 6.59. The zero-order valence-corrected chi connectivity index (χ0v) is 17.3. The van der Waals surface area contributed by atoms with Gasteiger partial charge in [0.15, 0.2) is 12.3 Å². The number of carbonyl (C=O) groups excluding carboxylic acids is 2. The normalized spacial score (nSPS) is 22.4. The van der Waals surface area contributed by atoms with Crippen LogP contribution in [-0.4, -0.2) is 56.6 Å². The third-order valence-corrected chi connectivity index (χ3v) is 5.08. The molecule has 4 atom stereocenters. The number of anilines is 1. The summed E-state index contributed by atoms with van der Waals surface area (Å²) in [6.07, 6.45) is -4.14. The summed E-state index contributed by atoms with van der Waals surface area (Å²) in [6.45, 7) is -0.288. The number of hydrogen-bond donors (Lipinski definition) is 3. The van der Waals surface area contributed by atoms with E-state index in [1.807, 2.05) is 0 Å². The van der Waals surface area contributed by atoms with Crippen LogP contribution in [0, 0.1) is 0 Å². The van der Waals surface area contributed by atoms with E-state index in [1.165, 1.54) is 24.4 Å². The molecule has 10 heteroatoms. The monoisotopic (exact) mass is 451 g/mol. The first-order chi connectivity index (χ1) is 15.9. The number of aliphatic hydroxyl groups is 2. The Morgan fingerprint density at radius 1 is 1.00 bits per heavy atom. The van der Waals surface area contributed by atoms with Crippen LogP contribution in [-0.2, 0) is 9.47 Å². The number of esters is 1. The van der Waals surface area contributed by atoms with E-state index in [1.54, 1.807) is 48.5 Å². The number of hydrogen-bond acceptors (Lipinski definition) is 8. The minimum Gasteiger partial charge on any atom is -0.451 e. The summed E-state index contributed by atoms with van der Waals surface area (Å²) in [5, 5.41) is 23.0. The van der Waals surface area contributed by atoms with Gasteiger partial charge in [0.2, 0.25) is 0 Å². The standard InChI is InChI=1S/C23H21N3O7/c27-16-13-32-21(19(18(16)28)33-22(30)15-9-5-2-6-10-15)26-12-11-17(25-23(26)31)24-20(29)14-7-3-1-4-8-14/h1-12,16,18-19,21,27-28H,13H2,(H,24,25,29,31)/t16-,18-,19-,21-/m1/s1. The molecule has 10 nitrogen and oxygen atoms in total. The lowest BCUT2D eigenvalue weighted by atomic mass is 10.0. The van der Waals surface area contributed by atoms with Crippen molar-refractivity contribution in [3.63, 3.8) is 0 Å². The summed E-state index contributed by atoms with van der Waals surface area (Å²) in [7, 11) is 0. The second kappa shape index (κ2) is 9.74. The molecule has 0 unspecified atom stereocenters. The number of carbonyl (C=O) groups is 2. The molecule has 1 fully saturated rings. The SMILES string of the molecule is O=C(Nc1ccn([C@@H]2OC[C@@H](O)[C@@H](O)[C@H]2OC(=O)c2ccccc2)c(=O)n1)c1ccccc1. The predicted molar refractivity (Wildman–Crippen MR) is 116 cm³/mol. The van der Waals surface area contributed by atoms with E-state index < -0.39 is 42.1 Å². The molecule has 4 rings (SSSR count). The lowest BCUT2D eigenvalue weighted by Crippen LogP contribution is -2.54. The highest BCUT2D eigenvalue weighted by molar-refractivity contribution is 6.03. The number of benzene rings is 2. The summed E-state index contributed by atoms with van der Waals surface area (Å²) >= 11 is 0. The third-order valence-electron chi connectivity index (χ3n) is 5.08. The van der Waals surface area contributed by atoms with Crippen LogP contribution in [0.3, 0.4) is 0 Å². The number of ether oxygens (including phenoxy) is 2. The molecular formula is C23H21N3O7. The lowest BCUT2D eigenvalue weighted by molar-refractivity contribution is -0.212. The third kappa shape index (κ3) is 4.98. The molecule has 1 saturated heterocycles. The van der Waals surface area contributed by atoms with Gasteiger partial charge in [0, 0.05) is 11.8 Å². The largest absolute Gasteiger partial charge is 0.451 e. The molecule has 2 aromatic carbocycles. The van der Waals surface area contributed by atoms with Crippen LogP contribution in [0.1, 0.15) is 26.9 Å². The molecule has 1 aliphatic heterocycles. The van der Waals surface area contributed by atoms with Crippen LogP contribution < -0.4 is 11.0 Å². The number of aliphatic hydroxyl groups excluding tert-OH is 2. The molecule has 0 saturated carbocycles. The second-order valence-corrected chi connectivity index (χ2v) is 7.34. The first kappa shape index (κ1) is 22.3. The van der Waals surface area contributed by atoms with Crippen molar-refractivity contribution < 1.29 is 29.3 Å². The van der Waals surface area contributed by atoms with Crippen LogP contribution in [0.2, 0.25) is 0 Å². The number of nitrogens with zero attached hydrogens (tertiary/aromatic N) is 2. The maximum atomic E-state index is 12.7. The molecule has 1 amide bonds. The van der Waals surface area contributed by atoms with Crippen molar-refractivity contribution in [2.75, 3.05) is 11.9 Å². The quantitative estimate of drug-likeness (QED) is 0.488.